The molecule has 2 aromatic carbocycles. The molecule has 1 amide bonds. The first-order chi connectivity index (χ1) is 16.1. The van der Waals surface area contributed by atoms with Crippen LogP contribution in [-0.2, 0) is 17.9 Å². The SMILES string of the molecule is CCCCn1c(SC(C)C(=O)N2CCN(Cc3ccccc3)CC2)nc2ccccc2c1=O. The van der Waals surface area contributed by atoms with Gasteiger partial charge in [-0.05, 0) is 31.0 Å². The van der Waals surface area contributed by atoms with E-state index in [1.807, 2.05) is 42.2 Å². The molecule has 0 saturated carbocycles. The van der Waals surface area contributed by atoms with Crippen molar-refractivity contribution in [1.29, 1.82) is 0 Å². The largest absolute Gasteiger partial charge is 0.339 e. The van der Waals surface area contributed by atoms with Crippen molar-refractivity contribution >= 4 is 28.6 Å². The number of hydrogen-bond donors (Lipinski definition) is 0. The molecule has 1 atom stereocenters. The molecule has 0 radical (unpaired) electrons. The number of piperazine rings is 1. The lowest BCUT2D eigenvalue weighted by Gasteiger charge is -2.35. The first kappa shape index (κ1) is 23.5. The van der Waals surface area contributed by atoms with Gasteiger partial charge in [0.05, 0.1) is 16.2 Å². The smallest absolute Gasteiger partial charge is 0.262 e. The fourth-order valence-electron chi connectivity index (χ4n) is 4.18. The second kappa shape index (κ2) is 11.0. The number of carbonyl (C=O) groups excluding carboxylic acids is 1. The monoisotopic (exact) mass is 464 g/mol. The Morgan fingerprint density at radius 2 is 1.73 bits per heavy atom. The second-order valence-electron chi connectivity index (χ2n) is 8.57. The predicted octanol–water partition coefficient (Wildman–Crippen LogP) is 4.02. The molecule has 7 heteroatoms. The van der Waals surface area contributed by atoms with Crippen molar-refractivity contribution in [3.63, 3.8) is 0 Å². The highest BCUT2D eigenvalue weighted by atomic mass is 32.2. The minimum Gasteiger partial charge on any atom is -0.339 e. The van der Waals surface area contributed by atoms with Gasteiger partial charge in [0.25, 0.3) is 5.56 Å². The van der Waals surface area contributed by atoms with Gasteiger partial charge in [0.15, 0.2) is 5.16 Å². The Balaban J connectivity index is 1.43. The first-order valence-corrected chi connectivity index (χ1v) is 12.7. The van der Waals surface area contributed by atoms with Crippen LogP contribution < -0.4 is 5.56 Å². The summed E-state index contributed by atoms with van der Waals surface area (Å²) < 4.78 is 1.75. The van der Waals surface area contributed by atoms with Gasteiger partial charge < -0.3 is 4.90 Å². The predicted molar refractivity (Wildman–Crippen MR) is 135 cm³/mol. The van der Waals surface area contributed by atoms with Gasteiger partial charge >= 0.3 is 0 Å². The Morgan fingerprint density at radius 1 is 1.03 bits per heavy atom. The molecule has 0 spiro atoms. The van der Waals surface area contributed by atoms with Crippen LogP contribution in [-0.4, -0.2) is 56.7 Å². The topological polar surface area (TPSA) is 58.4 Å². The standard InChI is InChI=1S/C26H32N4O2S/c1-3-4-14-30-25(32)22-12-8-9-13-23(22)27-26(30)33-20(2)24(31)29-17-15-28(16-18-29)19-21-10-6-5-7-11-21/h5-13,20H,3-4,14-19H2,1-2H3. The van der Waals surface area contributed by atoms with Crippen LogP contribution >= 0.6 is 11.8 Å². The summed E-state index contributed by atoms with van der Waals surface area (Å²) in [4.78, 5) is 35.4. The summed E-state index contributed by atoms with van der Waals surface area (Å²) in [6.07, 6.45) is 1.89. The van der Waals surface area contributed by atoms with Crippen LogP contribution in [0.3, 0.4) is 0 Å². The fraction of sp³-hybridized carbons (Fsp3) is 0.423. The Bertz CT molecular complexity index is 1140. The molecule has 6 nitrogen and oxygen atoms in total. The van der Waals surface area contributed by atoms with Crippen molar-refractivity contribution in [2.75, 3.05) is 26.2 Å². The number of aromatic nitrogens is 2. The van der Waals surface area contributed by atoms with E-state index in [-0.39, 0.29) is 16.7 Å². The van der Waals surface area contributed by atoms with Gasteiger partial charge in [0.2, 0.25) is 5.91 Å². The van der Waals surface area contributed by atoms with Gasteiger partial charge in [-0.3, -0.25) is 19.1 Å². The van der Waals surface area contributed by atoms with Gasteiger partial charge in [-0.2, -0.15) is 0 Å². The van der Waals surface area contributed by atoms with Crippen LogP contribution in [0.25, 0.3) is 10.9 Å². The van der Waals surface area contributed by atoms with Crippen LogP contribution in [0.5, 0.6) is 0 Å². The third kappa shape index (κ3) is 5.65. The molecule has 1 fully saturated rings. The summed E-state index contributed by atoms with van der Waals surface area (Å²) in [6, 6.07) is 17.9. The molecule has 0 aliphatic carbocycles. The lowest BCUT2D eigenvalue weighted by molar-refractivity contribution is -0.132. The zero-order chi connectivity index (χ0) is 23.2. The van der Waals surface area contributed by atoms with Gasteiger partial charge in [-0.1, -0.05) is 67.6 Å². The van der Waals surface area contributed by atoms with E-state index in [0.717, 1.165) is 45.6 Å². The Morgan fingerprint density at radius 3 is 2.45 bits per heavy atom. The number of nitrogens with zero attached hydrogens (tertiary/aromatic N) is 4. The zero-order valence-corrected chi connectivity index (χ0v) is 20.3. The summed E-state index contributed by atoms with van der Waals surface area (Å²) >= 11 is 1.40. The van der Waals surface area contributed by atoms with E-state index in [1.165, 1.54) is 17.3 Å². The molecule has 33 heavy (non-hydrogen) atoms. The number of rotatable bonds is 8. The summed E-state index contributed by atoms with van der Waals surface area (Å²) in [6.45, 7) is 8.76. The second-order valence-corrected chi connectivity index (χ2v) is 9.88. The number of para-hydroxylation sites is 1. The molecule has 1 aliphatic rings. The van der Waals surface area contributed by atoms with Crippen molar-refractivity contribution in [3.05, 3.63) is 70.5 Å². The average Bonchev–Trinajstić information content (AvgIpc) is 2.84. The maximum Gasteiger partial charge on any atom is 0.262 e. The average molecular weight is 465 g/mol. The number of unbranched alkanes of at least 4 members (excludes halogenated alkanes) is 1. The van der Waals surface area contributed by atoms with E-state index in [2.05, 4.69) is 36.1 Å². The molecule has 0 N–H and O–H groups in total. The van der Waals surface area contributed by atoms with Gasteiger partial charge in [0.1, 0.15) is 0 Å². The molecule has 1 unspecified atom stereocenters. The minimum absolute atomic E-state index is 0.0225. The molecule has 1 saturated heterocycles. The van der Waals surface area contributed by atoms with Gasteiger partial charge in [0, 0.05) is 39.3 Å². The van der Waals surface area contributed by atoms with Crippen LogP contribution in [0.15, 0.2) is 64.5 Å². The Hall–Kier alpha value is -2.64. The zero-order valence-electron chi connectivity index (χ0n) is 19.4. The molecule has 2 heterocycles. The summed E-state index contributed by atoms with van der Waals surface area (Å²) in [5.74, 6) is 0.115. The van der Waals surface area contributed by atoms with Crippen molar-refractivity contribution < 1.29 is 4.79 Å². The molecule has 3 aromatic rings. The lowest BCUT2D eigenvalue weighted by atomic mass is 10.2. The van der Waals surface area contributed by atoms with Crippen molar-refractivity contribution in [2.24, 2.45) is 0 Å². The highest BCUT2D eigenvalue weighted by molar-refractivity contribution is 8.00. The number of fused-ring (bicyclic) bond motifs is 1. The van der Waals surface area contributed by atoms with Crippen LogP contribution in [0, 0.1) is 0 Å². The number of thioether (sulfide) groups is 1. The number of amides is 1. The van der Waals surface area contributed by atoms with E-state index in [0.29, 0.717) is 22.6 Å². The van der Waals surface area contributed by atoms with Crippen LogP contribution in [0.4, 0.5) is 0 Å². The Labute approximate surface area is 199 Å². The van der Waals surface area contributed by atoms with Gasteiger partial charge in [-0.15, -0.1) is 0 Å². The lowest BCUT2D eigenvalue weighted by Crippen LogP contribution is -2.50. The number of carbonyl (C=O) groups is 1. The maximum atomic E-state index is 13.2. The summed E-state index contributed by atoms with van der Waals surface area (Å²) in [5, 5.41) is 0.966. The quantitative estimate of drug-likeness (QED) is 0.372. The highest BCUT2D eigenvalue weighted by Crippen LogP contribution is 2.25. The van der Waals surface area contributed by atoms with E-state index in [1.54, 1.807) is 4.57 Å². The van der Waals surface area contributed by atoms with Crippen LogP contribution in [0.1, 0.15) is 32.3 Å². The molecule has 4 rings (SSSR count). The molecule has 174 valence electrons. The van der Waals surface area contributed by atoms with Gasteiger partial charge in [-0.25, -0.2) is 4.98 Å². The van der Waals surface area contributed by atoms with E-state index < -0.39 is 0 Å². The molecule has 0 bridgehead atoms. The molecular formula is C26H32N4O2S. The van der Waals surface area contributed by atoms with E-state index in [4.69, 9.17) is 4.98 Å². The maximum absolute atomic E-state index is 13.2. The van der Waals surface area contributed by atoms with E-state index in [9.17, 15) is 9.59 Å². The third-order valence-corrected chi connectivity index (χ3v) is 7.20. The normalized spacial score (nSPS) is 15.6. The van der Waals surface area contributed by atoms with Crippen molar-refractivity contribution in [1.82, 2.24) is 19.4 Å². The summed E-state index contributed by atoms with van der Waals surface area (Å²) in [7, 11) is 0. The van der Waals surface area contributed by atoms with Crippen molar-refractivity contribution in [2.45, 2.75) is 50.2 Å². The fourth-order valence-corrected chi connectivity index (χ4v) is 5.20. The van der Waals surface area contributed by atoms with Crippen molar-refractivity contribution in [3.8, 4) is 0 Å². The molecule has 1 aromatic heterocycles. The Kier molecular flexibility index (Phi) is 7.83. The first-order valence-electron chi connectivity index (χ1n) is 11.8. The van der Waals surface area contributed by atoms with Crippen LogP contribution in [0.2, 0.25) is 0 Å². The highest BCUT2D eigenvalue weighted by Gasteiger charge is 2.27. The molecule has 1 aliphatic heterocycles. The number of benzene rings is 2. The summed E-state index contributed by atoms with van der Waals surface area (Å²) in [5.41, 5.74) is 1.96. The minimum atomic E-state index is -0.299. The number of hydrogen-bond acceptors (Lipinski definition) is 5. The van der Waals surface area contributed by atoms with E-state index >= 15 is 0 Å². The molecular weight excluding hydrogens is 432 g/mol. The third-order valence-electron chi connectivity index (χ3n) is 6.12.